The van der Waals surface area contributed by atoms with Gasteiger partial charge in [0.05, 0.1) is 32.7 Å². The number of amides is 2. The molecule has 2 heterocycles. The van der Waals surface area contributed by atoms with Crippen molar-refractivity contribution in [3.8, 4) is 11.5 Å². The van der Waals surface area contributed by atoms with Gasteiger partial charge in [-0.15, -0.1) is 0 Å². The molecule has 1 aromatic rings. The summed E-state index contributed by atoms with van der Waals surface area (Å²) in [5.41, 5.74) is 2.39. The maximum absolute atomic E-state index is 12.7. The van der Waals surface area contributed by atoms with Crippen LogP contribution in [0, 0.1) is 11.8 Å². The standard InChI is InChI=1S/C20H24N2O4/c1-25-17-9-13-7-8-21(11-14(13)10-18(17)26-2)12-22-19(23)15-5-3-4-6-16(15)20(22)24/h3-4,9-10,15-16H,5-8,11-12H2,1-2H3/t15-,16-/m1/s1. The summed E-state index contributed by atoms with van der Waals surface area (Å²) in [5, 5.41) is 0. The van der Waals surface area contributed by atoms with E-state index in [1.165, 1.54) is 10.5 Å². The fourth-order valence-corrected chi connectivity index (χ4v) is 4.27. The summed E-state index contributed by atoms with van der Waals surface area (Å²) in [7, 11) is 3.26. The van der Waals surface area contributed by atoms with E-state index < -0.39 is 0 Å². The second kappa shape index (κ2) is 6.76. The molecule has 1 fully saturated rings. The molecule has 26 heavy (non-hydrogen) atoms. The van der Waals surface area contributed by atoms with Crippen LogP contribution in [0.2, 0.25) is 0 Å². The van der Waals surface area contributed by atoms with Gasteiger partial charge in [0.1, 0.15) is 0 Å². The van der Waals surface area contributed by atoms with Crippen LogP contribution in [-0.4, -0.2) is 49.0 Å². The molecular weight excluding hydrogens is 332 g/mol. The molecule has 2 atom stereocenters. The largest absolute Gasteiger partial charge is 0.493 e. The molecule has 2 amide bonds. The van der Waals surface area contributed by atoms with Gasteiger partial charge in [-0.25, -0.2) is 0 Å². The van der Waals surface area contributed by atoms with Crippen molar-refractivity contribution in [2.75, 3.05) is 27.4 Å². The summed E-state index contributed by atoms with van der Waals surface area (Å²) in [5.74, 6) is 1.10. The predicted molar refractivity (Wildman–Crippen MR) is 95.7 cm³/mol. The Balaban J connectivity index is 1.49. The fourth-order valence-electron chi connectivity index (χ4n) is 4.27. The number of rotatable bonds is 4. The maximum Gasteiger partial charge on any atom is 0.234 e. The Morgan fingerprint density at radius 2 is 1.54 bits per heavy atom. The average Bonchev–Trinajstić information content (AvgIpc) is 2.92. The third-order valence-corrected chi connectivity index (χ3v) is 5.74. The number of ether oxygens (including phenoxy) is 2. The number of carbonyl (C=O) groups excluding carboxylic acids is 2. The monoisotopic (exact) mass is 356 g/mol. The van der Waals surface area contributed by atoms with Crippen LogP contribution in [0.5, 0.6) is 11.5 Å². The Bertz CT molecular complexity index is 747. The molecule has 0 radical (unpaired) electrons. The van der Waals surface area contributed by atoms with Crippen molar-refractivity contribution in [1.29, 1.82) is 0 Å². The van der Waals surface area contributed by atoms with Gasteiger partial charge in [0.2, 0.25) is 11.8 Å². The van der Waals surface area contributed by atoms with Crippen molar-refractivity contribution in [2.45, 2.75) is 25.8 Å². The molecule has 3 aliphatic rings. The highest BCUT2D eigenvalue weighted by atomic mass is 16.5. The third-order valence-electron chi connectivity index (χ3n) is 5.74. The number of carbonyl (C=O) groups is 2. The zero-order valence-electron chi connectivity index (χ0n) is 15.2. The summed E-state index contributed by atoms with van der Waals surface area (Å²) < 4.78 is 10.8. The first kappa shape index (κ1) is 17.1. The van der Waals surface area contributed by atoms with Gasteiger partial charge >= 0.3 is 0 Å². The molecule has 4 rings (SSSR count). The van der Waals surface area contributed by atoms with E-state index in [4.69, 9.17) is 9.47 Å². The first-order chi connectivity index (χ1) is 12.6. The van der Waals surface area contributed by atoms with Crippen molar-refractivity contribution in [1.82, 2.24) is 9.80 Å². The van der Waals surface area contributed by atoms with Crippen molar-refractivity contribution in [3.05, 3.63) is 35.4 Å². The second-order valence-corrected chi connectivity index (χ2v) is 7.18. The SMILES string of the molecule is COc1cc2c(cc1OC)CN(CN1C(=O)[C@@H]3CC=CC[C@H]3C1=O)CC2. The van der Waals surface area contributed by atoms with Crippen LogP contribution in [0.1, 0.15) is 24.0 Å². The van der Waals surface area contributed by atoms with Gasteiger partial charge in [0, 0.05) is 13.1 Å². The van der Waals surface area contributed by atoms with Crippen molar-refractivity contribution < 1.29 is 19.1 Å². The Labute approximate surface area is 153 Å². The summed E-state index contributed by atoms with van der Waals surface area (Å²) in [6.45, 7) is 1.88. The molecule has 1 aliphatic carbocycles. The smallest absolute Gasteiger partial charge is 0.234 e. The Morgan fingerprint density at radius 3 is 2.12 bits per heavy atom. The molecule has 0 bridgehead atoms. The van der Waals surface area contributed by atoms with Gasteiger partial charge in [0.25, 0.3) is 0 Å². The average molecular weight is 356 g/mol. The van der Waals surface area contributed by atoms with E-state index >= 15 is 0 Å². The molecule has 1 saturated heterocycles. The summed E-state index contributed by atoms with van der Waals surface area (Å²) in [6.07, 6.45) is 6.27. The molecule has 0 saturated carbocycles. The number of allylic oxidation sites excluding steroid dienone is 2. The van der Waals surface area contributed by atoms with Crippen LogP contribution in [-0.2, 0) is 22.6 Å². The number of imide groups is 1. The van der Waals surface area contributed by atoms with Crippen LogP contribution in [0.15, 0.2) is 24.3 Å². The van der Waals surface area contributed by atoms with Gasteiger partial charge in [0.15, 0.2) is 11.5 Å². The van der Waals surface area contributed by atoms with Crippen molar-refractivity contribution >= 4 is 11.8 Å². The van der Waals surface area contributed by atoms with E-state index in [1.54, 1.807) is 14.2 Å². The van der Waals surface area contributed by atoms with E-state index in [1.807, 2.05) is 24.3 Å². The van der Waals surface area contributed by atoms with Crippen molar-refractivity contribution in [2.24, 2.45) is 11.8 Å². The molecule has 0 aromatic heterocycles. The number of nitrogens with zero attached hydrogens (tertiary/aromatic N) is 2. The van der Waals surface area contributed by atoms with Crippen LogP contribution < -0.4 is 9.47 Å². The van der Waals surface area contributed by atoms with Gasteiger partial charge < -0.3 is 9.47 Å². The quantitative estimate of drug-likeness (QED) is 0.610. The summed E-state index contributed by atoms with van der Waals surface area (Å²) >= 11 is 0. The Hall–Kier alpha value is -2.34. The fraction of sp³-hybridized carbons (Fsp3) is 0.500. The number of fused-ring (bicyclic) bond motifs is 2. The number of methoxy groups -OCH3 is 2. The highest BCUT2D eigenvalue weighted by Crippen LogP contribution is 2.36. The topological polar surface area (TPSA) is 59.1 Å². The second-order valence-electron chi connectivity index (χ2n) is 7.18. The van der Waals surface area contributed by atoms with Crippen LogP contribution >= 0.6 is 0 Å². The van der Waals surface area contributed by atoms with Crippen molar-refractivity contribution in [3.63, 3.8) is 0 Å². The van der Waals surface area contributed by atoms with Crippen LogP contribution in [0.4, 0.5) is 0 Å². The molecule has 0 N–H and O–H groups in total. The lowest BCUT2D eigenvalue weighted by atomic mass is 9.85. The number of likely N-dealkylation sites (tertiary alicyclic amines) is 1. The zero-order valence-corrected chi connectivity index (χ0v) is 15.2. The zero-order chi connectivity index (χ0) is 18.3. The number of hydrogen-bond donors (Lipinski definition) is 0. The maximum atomic E-state index is 12.7. The highest BCUT2D eigenvalue weighted by Gasteiger charge is 2.47. The molecule has 1 aromatic carbocycles. The molecule has 0 spiro atoms. The molecule has 138 valence electrons. The lowest BCUT2D eigenvalue weighted by Gasteiger charge is -2.32. The van der Waals surface area contributed by atoms with E-state index in [-0.39, 0.29) is 23.7 Å². The molecule has 2 aliphatic heterocycles. The van der Waals surface area contributed by atoms with E-state index in [0.717, 1.165) is 24.3 Å². The van der Waals surface area contributed by atoms with Gasteiger partial charge in [-0.3, -0.25) is 19.4 Å². The highest BCUT2D eigenvalue weighted by molar-refractivity contribution is 6.05. The van der Waals surface area contributed by atoms with Gasteiger partial charge in [-0.2, -0.15) is 0 Å². The van der Waals surface area contributed by atoms with E-state index in [0.29, 0.717) is 31.8 Å². The van der Waals surface area contributed by atoms with Gasteiger partial charge in [-0.05, 0) is 42.5 Å². The summed E-state index contributed by atoms with van der Waals surface area (Å²) in [6, 6.07) is 4.02. The molecule has 0 unspecified atom stereocenters. The number of benzene rings is 1. The third kappa shape index (κ3) is 2.78. The van der Waals surface area contributed by atoms with Gasteiger partial charge in [-0.1, -0.05) is 12.2 Å². The minimum atomic E-state index is -0.158. The predicted octanol–water partition coefficient (Wildman–Crippen LogP) is 1.97. The minimum Gasteiger partial charge on any atom is -0.493 e. The lowest BCUT2D eigenvalue weighted by molar-refractivity contribution is -0.142. The normalized spacial score (nSPS) is 25.2. The number of hydrogen-bond acceptors (Lipinski definition) is 5. The molecular formula is C20H24N2O4. The van der Waals surface area contributed by atoms with Crippen LogP contribution in [0.3, 0.4) is 0 Å². The first-order valence-corrected chi connectivity index (χ1v) is 9.08. The molecule has 6 heteroatoms. The Kier molecular flexibility index (Phi) is 4.44. The summed E-state index contributed by atoms with van der Waals surface area (Å²) in [4.78, 5) is 29.0. The lowest BCUT2D eigenvalue weighted by Crippen LogP contribution is -2.43. The van der Waals surface area contributed by atoms with Crippen LogP contribution in [0.25, 0.3) is 0 Å². The Morgan fingerprint density at radius 1 is 0.962 bits per heavy atom. The molecule has 6 nitrogen and oxygen atoms in total. The minimum absolute atomic E-state index is 0.0116. The van der Waals surface area contributed by atoms with E-state index in [2.05, 4.69) is 4.90 Å². The van der Waals surface area contributed by atoms with E-state index in [9.17, 15) is 9.59 Å². The first-order valence-electron chi connectivity index (χ1n) is 9.08.